The van der Waals surface area contributed by atoms with Crippen LogP contribution in [0.15, 0.2) is 48.5 Å². The van der Waals surface area contributed by atoms with Gasteiger partial charge in [0.2, 0.25) is 5.82 Å². The predicted molar refractivity (Wildman–Crippen MR) is 155 cm³/mol. The van der Waals surface area contributed by atoms with Crippen molar-refractivity contribution in [3.05, 3.63) is 76.6 Å². The van der Waals surface area contributed by atoms with E-state index in [1.165, 1.54) is 0 Å². The van der Waals surface area contributed by atoms with Crippen molar-refractivity contribution in [2.45, 2.75) is 73.6 Å². The fourth-order valence-electron chi connectivity index (χ4n) is 4.48. The summed E-state index contributed by atoms with van der Waals surface area (Å²) < 4.78 is 12.2. The number of amides is 1. The number of aromatic nitrogens is 5. The number of benzene rings is 2. The molecule has 2 aromatic carbocycles. The van der Waals surface area contributed by atoms with Crippen molar-refractivity contribution in [1.82, 2.24) is 30.9 Å². The lowest BCUT2D eigenvalue weighted by Gasteiger charge is -2.24. The van der Waals surface area contributed by atoms with E-state index in [-0.39, 0.29) is 13.2 Å². The third kappa shape index (κ3) is 7.22. The molecule has 9 heteroatoms. The average molecular weight is 543 g/mol. The molecule has 210 valence electrons. The highest BCUT2D eigenvalue weighted by Crippen LogP contribution is 2.35. The lowest BCUT2D eigenvalue weighted by molar-refractivity contribution is 0.131. The number of nitrogens with one attached hydrogen (secondary N) is 2. The number of rotatable bonds is 9. The number of aromatic amines is 1. The van der Waals surface area contributed by atoms with E-state index in [0.717, 1.165) is 51.2 Å². The molecule has 0 atom stereocenters. The maximum Gasteiger partial charge on any atom is 0.407 e. The second-order valence-corrected chi connectivity index (χ2v) is 11.4. The molecule has 4 rings (SSSR count). The lowest BCUT2D eigenvalue weighted by Crippen LogP contribution is -2.40. The molecule has 0 aliphatic rings. The molecule has 0 saturated heterocycles. The van der Waals surface area contributed by atoms with Gasteiger partial charge in [-0.05, 0) is 75.4 Å². The van der Waals surface area contributed by atoms with Gasteiger partial charge in [-0.15, -0.1) is 10.2 Å². The molecular weight excluding hydrogens is 504 g/mol. The molecule has 2 heterocycles. The number of pyridine rings is 1. The van der Waals surface area contributed by atoms with Gasteiger partial charge < -0.3 is 14.8 Å². The van der Waals surface area contributed by atoms with Gasteiger partial charge in [0.15, 0.2) is 0 Å². The van der Waals surface area contributed by atoms with Crippen molar-refractivity contribution in [3.8, 4) is 28.3 Å². The number of carbonyl (C=O) groups is 1. The van der Waals surface area contributed by atoms with Gasteiger partial charge in [0, 0.05) is 28.1 Å². The molecular formula is C31H38N6O3. The van der Waals surface area contributed by atoms with Crippen molar-refractivity contribution in [1.29, 1.82) is 0 Å². The first-order valence-corrected chi connectivity index (χ1v) is 13.5. The number of carbonyl (C=O) groups excluding carboxylic acids is 1. The molecule has 0 fully saturated rings. The molecule has 4 aromatic rings. The Balaban J connectivity index is 1.79. The minimum absolute atomic E-state index is 0.0902. The molecule has 0 aliphatic heterocycles. The smallest absolute Gasteiger partial charge is 0.407 e. The maximum absolute atomic E-state index is 12.7. The maximum atomic E-state index is 12.7. The lowest BCUT2D eigenvalue weighted by atomic mass is 9.90. The fourth-order valence-corrected chi connectivity index (χ4v) is 4.48. The van der Waals surface area contributed by atoms with Crippen LogP contribution in [0, 0.1) is 19.8 Å². The van der Waals surface area contributed by atoms with E-state index in [0.29, 0.717) is 17.5 Å². The van der Waals surface area contributed by atoms with Gasteiger partial charge in [-0.25, -0.2) is 4.79 Å². The summed E-state index contributed by atoms with van der Waals surface area (Å²) in [6.07, 6.45) is 0.284. The van der Waals surface area contributed by atoms with Gasteiger partial charge >= 0.3 is 6.09 Å². The van der Waals surface area contributed by atoms with E-state index >= 15 is 0 Å². The van der Waals surface area contributed by atoms with Crippen molar-refractivity contribution < 1.29 is 14.3 Å². The Bertz CT molecular complexity index is 1440. The Kier molecular flexibility index (Phi) is 8.82. The number of aryl methyl sites for hydroxylation is 2. The summed E-state index contributed by atoms with van der Waals surface area (Å²) in [4.78, 5) is 17.7. The second-order valence-electron chi connectivity index (χ2n) is 11.4. The normalized spacial score (nSPS) is 11.5. The summed E-state index contributed by atoms with van der Waals surface area (Å²) in [5.41, 5.74) is 7.07. The van der Waals surface area contributed by atoms with E-state index in [1.54, 1.807) is 0 Å². The highest BCUT2D eigenvalue weighted by molar-refractivity contribution is 5.74. The van der Waals surface area contributed by atoms with Crippen LogP contribution in [0.1, 0.15) is 62.7 Å². The summed E-state index contributed by atoms with van der Waals surface area (Å²) in [5.74, 6) is 1.45. The van der Waals surface area contributed by atoms with Crippen LogP contribution in [-0.2, 0) is 24.4 Å². The Morgan fingerprint density at radius 2 is 1.73 bits per heavy atom. The summed E-state index contributed by atoms with van der Waals surface area (Å²) in [6, 6.07) is 15.9. The molecule has 0 bridgehead atoms. The second kappa shape index (κ2) is 12.3. The largest absolute Gasteiger partial charge is 0.488 e. The third-order valence-electron chi connectivity index (χ3n) is 6.30. The van der Waals surface area contributed by atoms with Crippen molar-refractivity contribution in [2.24, 2.45) is 5.92 Å². The average Bonchev–Trinajstić information content (AvgIpc) is 3.41. The molecule has 0 saturated carbocycles. The summed E-state index contributed by atoms with van der Waals surface area (Å²) in [7, 11) is 0. The van der Waals surface area contributed by atoms with Crippen LogP contribution in [-0.4, -0.2) is 37.2 Å². The number of ether oxygens (including phenoxy) is 2. The van der Waals surface area contributed by atoms with Gasteiger partial charge in [0.05, 0.1) is 5.56 Å². The zero-order chi connectivity index (χ0) is 28.9. The number of H-pyrrole nitrogens is 1. The van der Waals surface area contributed by atoms with Gasteiger partial charge in [-0.3, -0.25) is 4.98 Å². The zero-order valence-electron chi connectivity index (χ0n) is 24.3. The monoisotopic (exact) mass is 542 g/mol. The molecule has 0 radical (unpaired) electrons. The zero-order valence-corrected chi connectivity index (χ0v) is 24.3. The Hall–Kier alpha value is -4.27. The van der Waals surface area contributed by atoms with Gasteiger partial charge in [0.25, 0.3) is 0 Å². The van der Waals surface area contributed by atoms with E-state index in [4.69, 9.17) is 14.5 Å². The van der Waals surface area contributed by atoms with Gasteiger partial charge in [-0.2, -0.15) is 5.21 Å². The Labute approximate surface area is 235 Å². The number of hydrogen-bond donors (Lipinski definition) is 2. The molecule has 1 amide bonds. The van der Waals surface area contributed by atoms with Crippen molar-refractivity contribution in [3.63, 3.8) is 0 Å². The van der Waals surface area contributed by atoms with Gasteiger partial charge in [-0.1, -0.05) is 55.8 Å². The third-order valence-corrected chi connectivity index (χ3v) is 6.30. The topological polar surface area (TPSA) is 115 Å². The number of tetrazole rings is 1. The standard InChI is InChI=1S/C31H38N6O3/c1-19(2)16-26-25(18-40-30(38)33-31(5,6)7)28(22-14-12-20(3)13-15-22)24(21(4)32-26)17-39-27-11-9-8-10-23(27)29-34-36-37-35-29/h8-15,19H,16-18H2,1-7H3,(H,33,38)(H,34,35,36,37). The molecule has 9 nitrogen and oxygen atoms in total. The van der Waals surface area contributed by atoms with E-state index in [2.05, 4.69) is 71.0 Å². The molecule has 2 N–H and O–H groups in total. The first-order chi connectivity index (χ1) is 19.0. The van der Waals surface area contributed by atoms with Crippen molar-refractivity contribution >= 4 is 6.09 Å². The first-order valence-electron chi connectivity index (χ1n) is 13.5. The summed E-state index contributed by atoms with van der Waals surface area (Å²) >= 11 is 0. The van der Waals surface area contributed by atoms with Gasteiger partial charge in [0.1, 0.15) is 19.0 Å². The Morgan fingerprint density at radius 3 is 2.38 bits per heavy atom. The number of alkyl carbamates (subject to hydrolysis) is 1. The van der Waals surface area contributed by atoms with Crippen molar-refractivity contribution in [2.75, 3.05) is 0 Å². The Morgan fingerprint density at radius 1 is 1.00 bits per heavy atom. The molecule has 0 aliphatic carbocycles. The van der Waals surface area contributed by atoms with E-state index < -0.39 is 11.6 Å². The number of hydrogen-bond acceptors (Lipinski definition) is 7. The quantitative estimate of drug-likeness (QED) is 0.253. The van der Waals surface area contributed by atoms with Crippen LogP contribution in [0.5, 0.6) is 5.75 Å². The molecule has 0 unspecified atom stereocenters. The van der Waals surface area contributed by atoms with Crippen LogP contribution < -0.4 is 10.1 Å². The van der Waals surface area contributed by atoms with E-state index in [1.807, 2.05) is 52.0 Å². The fraction of sp³-hybridized carbons (Fsp3) is 0.387. The van der Waals surface area contributed by atoms with Crippen LogP contribution in [0.2, 0.25) is 0 Å². The molecule has 40 heavy (non-hydrogen) atoms. The highest BCUT2D eigenvalue weighted by atomic mass is 16.5. The predicted octanol–water partition coefficient (Wildman–Crippen LogP) is 6.35. The number of para-hydroxylation sites is 1. The number of nitrogens with zero attached hydrogens (tertiary/aromatic N) is 4. The minimum Gasteiger partial charge on any atom is -0.488 e. The minimum atomic E-state index is -0.467. The van der Waals surface area contributed by atoms with Crippen LogP contribution >= 0.6 is 0 Å². The SMILES string of the molecule is Cc1ccc(-c2c(COc3ccccc3-c3nn[nH]n3)c(C)nc(CC(C)C)c2COC(=O)NC(C)(C)C)cc1. The van der Waals surface area contributed by atoms with Crippen LogP contribution in [0.4, 0.5) is 4.79 Å². The molecule has 0 spiro atoms. The molecule has 2 aromatic heterocycles. The van der Waals surface area contributed by atoms with Crippen LogP contribution in [0.3, 0.4) is 0 Å². The van der Waals surface area contributed by atoms with E-state index in [9.17, 15) is 4.79 Å². The summed E-state index contributed by atoms with van der Waals surface area (Å²) in [6.45, 7) is 14.5. The van der Waals surface area contributed by atoms with Crippen LogP contribution in [0.25, 0.3) is 22.5 Å². The first kappa shape index (κ1) is 28.7. The summed E-state index contributed by atoms with van der Waals surface area (Å²) in [5, 5.41) is 17.3. The highest BCUT2D eigenvalue weighted by Gasteiger charge is 2.23.